The molecule has 6 aliphatic rings. The largest absolute Gasteiger partial charge is 0.458 e. The normalized spacial score (nSPS) is 41.2. The van der Waals surface area contributed by atoms with E-state index in [0.717, 1.165) is 24.6 Å². The molecule has 0 aromatic carbocycles. The maximum Gasteiger partial charge on any atom is 0.331 e. The van der Waals surface area contributed by atoms with Crippen molar-refractivity contribution in [3.8, 4) is 0 Å². The molecule has 178 valence electrons. The molecule has 0 radical (unpaired) electrons. The molecule has 1 saturated heterocycles. The molecule has 2 saturated carbocycles. The molecule has 0 unspecified atom stereocenters. The summed E-state index contributed by atoms with van der Waals surface area (Å²) in [5, 5.41) is 2.45. The van der Waals surface area contributed by atoms with Crippen LogP contribution in [0.4, 0.5) is 0 Å². The van der Waals surface area contributed by atoms with E-state index in [-0.39, 0.29) is 11.4 Å². The number of piperazine rings is 1. The predicted octanol–water partition coefficient (Wildman–Crippen LogP) is 2.80. The third-order valence-corrected chi connectivity index (χ3v) is 10.2. The second-order valence-corrected chi connectivity index (χ2v) is 12.0. The third kappa shape index (κ3) is 3.46. The van der Waals surface area contributed by atoms with Gasteiger partial charge in [0, 0.05) is 22.8 Å². The first kappa shape index (κ1) is 21.7. The summed E-state index contributed by atoms with van der Waals surface area (Å²) in [4.78, 5) is 13.4. The predicted molar refractivity (Wildman–Crippen MR) is 129 cm³/mol. The summed E-state index contributed by atoms with van der Waals surface area (Å²) >= 11 is 0. The van der Waals surface area contributed by atoms with Crippen molar-refractivity contribution in [3.05, 3.63) is 46.7 Å². The standard InChI is InChI=1S/C28H39N3O2/c1-27-10-8-21(29-31-14-12-30(3)13-15-31)17-20(27)4-5-22-24-7-6-23(19-16-26(32)33-18-19)28(24,2)11-9-25(22)27/h6-7,16-17,20,22,25,29H,4-5,8-15,18H2,1-3H3/p+1/t20-,22-,25+,27+,28+/m0/s1. The molecule has 5 heteroatoms. The summed E-state index contributed by atoms with van der Waals surface area (Å²) in [6.45, 7) is 10.2. The van der Waals surface area contributed by atoms with Gasteiger partial charge in [-0.3, -0.25) is 0 Å². The van der Waals surface area contributed by atoms with E-state index in [1.807, 2.05) is 0 Å². The van der Waals surface area contributed by atoms with Gasteiger partial charge in [-0.2, -0.15) is 0 Å². The quantitative estimate of drug-likeness (QED) is 0.649. The van der Waals surface area contributed by atoms with Crippen LogP contribution in [0, 0.1) is 28.6 Å². The number of likely N-dealkylation sites (N-methyl/N-ethyl adjacent to an activating group) is 1. The number of hydrazine groups is 1. The maximum atomic E-state index is 11.7. The number of quaternary nitrogens is 1. The second kappa shape index (κ2) is 7.84. The molecule has 6 rings (SSSR count). The molecule has 3 fully saturated rings. The van der Waals surface area contributed by atoms with Gasteiger partial charge >= 0.3 is 5.97 Å². The first-order chi connectivity index (χ1) is 15.9. The van der Waals surface area contributed by atoms with E-state index in [9.17, 15) is 4.79 Å². The van der Waals surface area contributed by atoms with Gasteiger partial charge in [-0.05, 0) is 67.3 Å². The van der Waals surface area contributed by atoms with Crippen LogP contribution in [-0.2, 0) is 9.53 Å². The number of ether oxygens (including phenoxy) is 1. The number of rotatable bonds is 3. The lowest BCUT2D eigenvalue weighted by Crippen LogP contribution is -3.12. The van der Waals surface area contributed by atoms with E-state index in [2.05, 4.69) is 49.6 Å². The van der Waals surface area contributed by atoms with Crippen LogP contribution in [0.5, 0.6) is 0 Å². The molecule has 0 amide bonds. The third-order valence-electron chi connectivity index (χ3n) is 10.2. The van der Waals surface area contributed by atoms with Gasteiger partial charge in [0.05, 0.1) is 33.2 Å². The van der Waals surface area contributed by atoms with Gasteiger partial charge in [-0.15, -0.1) is 0 Å². The number of allylic oxidation sites excluding steroid dienone is 5. The van der Waals surface area contributed by atoms with Crippen LogP contribution in [0.15, 0.2) is 46.7 Å². The van der Waals surface area contributed by atoms with Crippen LogP contribution < -0.4 is 10.3 Å². The number of esters is 1. The molecular formula is C28H40N3O2+. The lowest BCUT2D eigenvalue weighted by molar-refractivity contribution is -0.884. The van der Waals surface area contributed by atoms with Crippen molar-refractivity contribution in [1.82, 2.24) is 10.4 Å². The zero-order valence-corrected chi connectivity index (χ0v) is 20.6. The minimum atomic E-state index is -0.180. The fourth-order valence-electron chi connectivity index (χ4n) is 8.14. The molecule has 33 heavy (non-hydrogen) atoms. The van der Waals surface area contributed by atoms with E-state index in [1.54, 1.807) is 16.5 Å². The Morgan fingerprint density at radius 2 is 1.94 bits per heavy atom. The number of fused-ring (bicyclic) bond motifs is 5. The molecule has 4 aliphatic carbocycles. The Kier molecular flexibility index (Phi) is 5.15. The molecule has 0 bridgehead atoms. The highest BCUT2D eigenvalue weighted by Gasteiger charge is 2.56. The highest BCUT2D eigenvalue weighted by molar-refractivity contribution is 5.87. The summed E-state index contributed by atoms with van der Waals surface area (Å²) < 4.78 is 5.25. The molecule has 5 atom stereocenters. The van der Waals surface area contributed by atoms with Crippen molar-refractivity contribution in [2.24, 2.45) is 28.6 Å². The molecule has 5 nitrogen and oxygen atoms in total. The molecule has 0 aromatic heterocycles. The average molecular weight is 451 g/mol. The summed E-state index contributed by atoms with van der Waals surface area (Å²) in [6.07, 6.45) is 16.6. The molecular weight excluding hydrogens is 410 g/mol. The minimum Gasteiger partial charge on any atom is -0.458 e. The zero-order valence-electron chi connectivity index (χ0n) is 20.6. The molecule has 2 aliphatic heterocycles. The highest BCUT2D eigenvalue weighted by atomic mass is 16.5. The van der Waals surface area contributed by atoms with Gasteiger partial charge in [-0.25, -0.2) is 9.80 Å². The van der Waals surface area contributed by atoms with Crippen LogP contribution in [0.3, 0.4) is 0 Å². The van der Waals surface area contributed by atoms with Crippen molar-refractivity contribution in [1.29, 1.82) is 0 Å². The summed E-state index contributed by atoms with van der Waals surface area (Å²) in [5.41, 5.74) is 9.85. The molecule has 0 spiro atoms. The number of carbonyl (C=O) groups is 1. The number of hydrogen-bond donors (Lipinski definition) is 2. The van der Waals surface area contributed by atoms with Crippen molar-refractivity contribution < 1.29 is 14.4 Å². The Bertz CT molecular complexity index is 970. The van der Waals surface area contributed by atoms with E-state index >= 15 is 0 Å². The smallest absolute Gasteiger partial charge is 0.331 e. The lowest BCUT2D eigenvalue weighted by Gasteiger charge is -2.58. The number of carbonyl (C=O) groups excluding carboxylic acids is 1. The Morgan fingerprint density at radius 1 is 1.12 bits per heavy atom. The Balaban J connectivity index is 1.18. The number of cyclic esters (lactones) is 1. The van der Waals surface area contributed by atoms with Crippen LogP contribution >= 0.6 is 0 Å². The van der Waals surface area contributed by atoms with Crippen LogP contribution in [0.1, 0.15) is 52.4 Å². The van der Waals surface area contributed by atoms with Crippen molar-refractivity contribution >= 4 is 5.97 Å². The van der Waals surface area contributed by atoms with Crippen LogP contribution in [0.2, 0.25) is 0 Å². The number of hydrogen-bond acceptors (Lipinski definition) is 4. The van der Waals surface area contributed by atoms with Crippen LogP contribution in [0.25, 0.3) is 0 Å². The molecule has 2 heterocycles. The zero-order chi connectivity index (χ0) is 22.8. The Morgan fingerprint density at radius 3 is 2.70 bits per heavy atom. The lowest BCUT2D eigenvalue weighted by atomic mass is 9.47. The van der Waals surface area contributed by atoms with E-state index in [4.69, 9.17) is 4.74 Å². The fourth-order valence-corrected chi connectivity index (χ4v) is 8.14. The molecule has 2 N–H and O–H groups in total. The Hall–Kier alpha value is -1.85. The second-order valence-electron chi connectivity index (χ2n) is 12.0. The van der Waals surface area contributed by atoms with E-state index in [1.165, 1.54) is 62.9 Å². The molecule has 0 aromatic rings. The first-order valence-corrected chi connectivity index (χ1v) is 13.2. The topological polar surface area (TPSA) is 46.0 Å². The fraction of sp³-hybridized carbons (Fsp3) is 0.679. The van der Waals surface area contributed by atoms with Crippen LogP contribution in [-0.4, -0.2) is 50.8 Å². The van der Waals surface area contributed by atoms with Crippen molar-refractivity contribution in [2.75, 3.05) is 39.8 Å². The van der Waals surface area contributed by atoms with Crippen molar-refractivity contribution in [2.45, 2.75) is 52.4 Å². The van der Waals surface area contributed by atoms with E-state index in [0.29, 0.717) is 23.9 Å². The number of nitrogens with zero attached hydrogens (tertiary/aromatic N) is 1. The summed E-state index contributed by atoms with van der Waals surface area (Å²) in [6, 6.07) is 0. The average Bonchev–Trinajstić information content (AvgIpc) is 3.38. The summed E-state index contributed by atoms with van der Waals surface area (Å²) in [5.74, 6) is 1.96. The first-order valence-electron chi connectivity index (χ1n) is 13.2. The van der Waals surface area contributed by atoms with Gasteiger partial charge in [-0.1, -0.05) is 37.6 Å². The SMILES string of the molecule is C[NH+]1CCN(NC2=C[C@@H]3CC[C@H]4C5=CC=C(C6=CC(=O)OC6)[C@@]5(C)CC[C@H]4[C@]3(C)CC2)CC1. The highest BCUT2D eigenvalue weighted by Crippen LogP contribution is 2.65. The van der Waals surface area contributed by atoms with Gasteiger partial charge in [0.25, 0.3) is 0 Å². The van der Waals surface area contributed by atoms with E-state index < -0.39 is 0 Å². The number of nitrogens with one attached hydrogen (secondary N) is 2. The van der Waals surface area contributed by atoms with Crippen molar-refractivity contribution in [3.63, 3.8) is 0 Å². The van der Waals surface area contributed by atoms with Gasteiger partial charge < -0.3 is 15.1 Å². The maximum absolute atomic E-state index is 11.7. The van der Waals surface area contributed by atoms with Gasteiger partial charge in [0.2, 0.25) is 0 Å². The van der Waals surface area contributed by atoms with Gasteiger partial charge in [0.1, 0.15) is 6.61 Å². The minimum absolute atomic E-state index is 0.0881. The monoisotopic (exact) mass is 450 g/mol. The van der Waals surface area contributed by atoms with Gasteiger partial charge in [0.15, 0.2) is 0 Å². The summed E-state index contributed by atoms with van der Waals surface area (Å²) in [7, 11) is 2.30. The Labute approximate surface area is 198 Å².